The van der Waals surface area contributed by atoms with Gasteiger partial charge in [-0.2, -0.15) is 8.75 Å². The molecule has 0 aliphatic carbocycles. The molecule has 3 nitrogen and oxygen atoms in total. The van der Waals surface area contributed by atoms with Crippen LogP contribution in [0.5, 0.6) is 0 Å². The molecule has 2 rings (SSSR count). The van der Waals surface area contributed by atoms with Crippen LogP contribution in [-0.2, 0) is 0 Å². The third-order valence-corrected chi connectivity index (χ3v) is 3.23. The molecular weight excluding hydrogens is 194 g/mol. The predicted octanol–water partition coefficient (Wildman–Crippen LogP) is 1.94. The summed E-state index contributed by atoms with van der Waals surface area (Å²) in [5.41, 5.74) is 2.45. The van der Waals surface area contributed by atoms with Crippen LogP contribution in [0.4, 0.5) is 0 Å². The molecule has 0 radical (unpaired) electrons. The molecule has 0 aromatic carbocycles. The van der Waals surface area contributed by atoms with Gasteiger partial charge in [0.25, 0.3) is 0 Å². The lowest BCUT2D eigenvalue weighted by molar-refractivity contribution is 0.421. The second kappa shape index (κ2) is 4.66. The number of hydrogen-bond acceptors (Lipinski definition) is 4. The fourth-order valence-corrected chi connectivity index (χ4v) is 2.26. The summed E-state index contributed by atoms with van der Waals surface area (Å²) < 4.78 is 8.18. The second-order valence-electron chi connectivity index (χ2n) is 3.74. The monoisotopic (exact) mass is 209 g/mol. The molecule has 1 aromatic heterocycles. The maximum absolute atomic E-state index is 4.19. The lowest BCUT2D eigenvalue weighted by Crippen LogP contribution is -2.28. The van der Waals surface area contributed by atoms with Crippen LogP contribution in [0.15, 0.2) is 11.8 Å². The SMILES string of the molecule is C/C(=C/c1cnsn1)C1CCNCC1. The molecule has 4 heteroatoms. The van der Waals surface area contributed by atoms with E-state index >= 15 is 0 Å². The summed E-state index contributed by atoms with van der Waals surface area (Å²) >= 11 is 1.27. The molecule has 0 amide bonds. The Labute approximate surface area is 88.6 Å². The molecule has 1 aliphatic rings. The van der Waals surface area contributed by atoms with Crippen LogP contribution in [0.2, 0.25) is 0 Å². The third-order valence-electron chi connectivity index (χ3n) is 2.74. The quantitative estimate of drug-likeness (QED) is 0.809. The molecule has 1 saturated heterocycles. The smallest absolute Gasteiger partial charge is 0.0969 e. The lowest BCUT2D eigenvalue weighted by atomic mass is 9.90. The lowest BCUT2D eigenvalue weighted by Gasteiger charge is -2.23. The molecule has 0 atom stereocenters. The van der Waals surface area contributed by atoms with Crippen molar-refractivity contribution < 1.29 is 0 Å². The van der Waals surface area contributed by atoms with Crippen LogP contribution in [-0.4, -0.2) is 21.8 Å². The van der Waals surface area contributed by atoms with Gasteiger partial charge in [-0.15, -0.1) is 0 Å². The van der Waals surface area contributed by atoms with Gasteiger partial charge >= 0.3 is 0 Å². The average Bonchev–Trinajstić information content (AvgIpc) is 2.72. The zero-order chi connectivity index (χ0) is 9.80. The topological polar surface area (TPSA) is 37.8 Å². The zero-order valence-corrected chi connectivity index (χ0v) is 9.18. The Hall–Kier alpha value is -0.740. The number of piperidine rings is 1. The largest absolute Gasteiger partial charge is 0.317 e. The first-order valence-corrected chi connectivity index (χ1v) is 5.76. The average molecular weight is 209 g/mol. The van der Waals surface area contributed by atoms with Crippen molar-refractivity contribution in [1.82, 2.24) is 14.1 Å². The van der Waals surface area contributed by atoms with E-state index in [2.05, 4.69) is 27.1 Å². The van der Waals surface area contributed by atoms with Gasteiger partial charge in [0, 0.05) is 0 Å². The van der Waals surface area contributed by atoms with Crippen LogP contribution in [0.1, 0.15) is 25.5 Å². The van der Waals surface area contributed by atoms with E-state index in [1.165, 1.54) is 30.1 Å². The van der Waals surface area contributed by atoms with E-state index in [1.54, 1.807) is 0 Å². The molecule has 0 bridgehead atoms. The molecule has 1 aromatic rings. The van der Waals surface area contributed by atoms with E-state index in [0.29, 0.717) is 0 Å². The number of hydrogen-bond donors (Lipinski definition) is 1. The summed E-state index contributed by atoms with van der Waals surface area (Å²) in [5, 5.41) is 3.38. The van der Waals surface area contributed by atoms with Crippen molar-refractivity contribution in [1.29, 1.82) is 0 Å². The van der Waals surface area contributed by atoms with Crippen molar-refractivity contribution in [3.63, 3.8) is 0 Å². The molecular formula is C10H15N3S. The summed E-state index contributed by atoms with van der Waals surface area (Å²) in [6.07, 6.45) is 6.49. The summed E-state index contributed by atoms with van der Waals surface area (Å²) in [6.45, 7) is 4.49. The summed E-state index contributed by atoms with van der Waals surface area (Å²) in [6, 6.07) is 0. The minimum atomic E-state index is 0.734. The van der Waals surface area contributed by atoms with Gasteiger partial charge in [-0.1, -0.05) is 5.57 Å². The second-order valence-corrected chi connectivity index (χ2v) is 4.30. The van der Waals surface area contributed by atoms with Gasteiger partial charge in [0.05, 0.1) is 23.6 Å². The van der Waals surface area contributed by atoms with E-state index in [1.807, 2.05) is 6.20 Å². The first-order chi connectivity index (χ1) is 6.86. The Morgan fingerprint density at radius 1 is 1.57 bits per heavy atom. The molecule has 14 heavy (non-hydrogen) atoms. The Balaban J connectivity index is 2.02. The normalized spacial score (nSPS) is 19.9. The van der Waals surface area contributed by atoms with E-state index < -0.39 is 0 Å². The third kappa shape index (κ3) is 2.39. The molecule has 0 saturated carbocycles. The Morgan fingerprint density at radius 3 is 3.00 bits per heavy atom. The zero-order valence-electron chi connectivity index (χ0n) is 8.36. The van der Waals surface area contributed by atoms with Gasteiger partial charge < -0.3 is 5.32 Å². The molecule has 76 valence electrons. The number of allylic oxidation sites excluding steroid dienone is 1. The van der Waals surface area contributed by atoms with Crippen LogP contribution in [0, 0.1) is 5.92 Å². The van der Waals surface area contributed by atoms with Crippen molar-refractivity contribution in [2.45, 2.75) is 19.8 Å². The highest BCUT2D eigenvalue weighted by Crippen LogP contribution is 2.22. The fourth-order valence-electron chi connectivity index (χ4n) is 1.86. The van der Waals surface area contributed by atoms with Gasteiger partial charge in [0.2, 0.25) is 0 Å². The first-order valence-electron chi connectivity index (χ1n) is 5.03. The minimum Gasteiger partial charge on any atom is -0.317 e. The molecule has 0 unspecified atom stereocenters. The number of nitrogens with zero attached hydrogens (tertiary/aromatic N) is 2. The Morgan fingerprint density at radius 2 is 2.36 bits per heavy atom. The number of aromatic nitrogens is 2. The van der Waals surface area contributed by atoms with Crippen molar-refractivity contribution >= 4 is 17.8 Å². The summed E-state index contributed by atoms with van der Waals surface area (Å²) in [7, 11) is 0. The van der Waals surface area contributed by atoms with Crippen molar-refractivity contribution in [2.24, 2.45) is 5.92 Å². The highest BCUT2D eigenvalue weighted by Gasteiger charge is 2.14. The molecule has 1 N–H and O–H groups in total. The standard InChI is InChI=1S/C10H15N3S/c1-8(6-10-7-12-14-13-10)9-2-4-11-5-3-9/h6-7,9,11H,2-5H2,1H3/b8-6-. The maximum atomic E-state index is 4.19. The highest BCUT2D eigenvalue weighted by atomic mass is 32.1. The molecule has 1 fully saturated rings. The van der Waals surface area contributed by atoms with E-state index in [0.717, 1.165) is 24.7 Å². The van der Waals surface area contributed by atoms with Crippen LogP contribution >= 0.6 is 11.7 Å². The van der Waals surface area contributed by atoms with Crippen LogP contribution < -0.4 is 5.32 Å². The van der Waals surface area contributed by atoms with Crippen molar-refractivity contribution in [3.8, 4) is 0 Å². The Bertz CT molecular complexity index is 299. The van der Waals surface area contributed by atoms with Crippen molar-refractivity contribution in [3.05, 3.63) is 17.5 Å². The van der Waals surface area contributed by atoms with Gasteiger partial charge in [0.15, 0.2) is 0 Å². The number of rotatable bonds is 2. The van der Waals surface area contributed by atoms with Gasteiger partial charge in [-0.3, -0.25) is 0 Å². The molecule has 1 aliphatic heterocycles. The van der Waals surface area contributed by atoms with Gasteiger partial charge in [-0.25, -0.2) is 0 Å². The number of nitrogens with one attached hydrogen (secondary N) is 1. The van der Waals surface area contributed by atoms with E-state index in [4.69, 9.17) is 0 Å². The molecule has 2 heterocycles. The first kappa shape index (κ1) is 9.80. The maximum Gasteiger partial charge on any atom is 0.0969 e. The van der Waals surface area contributed by atoms with Gasteiger partial charge in [-0.05, 0) is 44.8 Å². The molecule has 0 spiro atoms. The highest BCUT2D eigenvalue weighted by molar-refractivity contribution is 6.99. The van der Waals surface area contributed by atoms with Crippen LogP contribution in [0.3, 0.4) is 0 Å². The minimum absolute atomic E-state index is 0.734. The summed E-state index contributed by atoms with van der Waals surface area (Å²) in [5.74, 6) is 0.734. The van der Waals surface area contributed by atoms with E-state index in [-0.39, 0.29) is 0 Å². The predicted molar refractivity (Wildman–Crippen MR) is 59.2 cm³/mol. The summed E-state index contributed by atoms with van der Waals surface area (Å²) in [4.78, 5) is 0. The van der Waals surface area contributed by atoms with Crippen LogP contribution in [0.25, 0.3) is 6.08 Å². The fraction of sp³-hybridized carbons (Fsp3) is 0.600. The Kier molecular flexibility index (Phi) is 3.26. The van der Waals surface area contributed by atoms with Crippen molar-refractivity contribution in [2.75, 3.05) is 13.1 Å². The van der Waals surface area contributed by atoms with E-state index in [9.17, 15) is 0 Å². The van der Waals surface area contributed by atoms with Gasteiger partial charge in [0.1, 0.15) is 0 Å².